The van der Waals surface area contributed by atoms with Gasteiger partial charge >= 0.3 is 5.97 Å². The smallest absolute Gasteiger partial charge is 0.277 e. The Balaban J connectivity index is 3.32. The molecule has 0 bridgehead atoms. The first-order chi connectivity index (χ1) is 9.02. The van der Waals surface area contributed by atoms with Crippen LogP contribution in [0.5, 0.6) is 0 Å². The first-order valence-corrected chi connectivity index (χ1v) is 8.07. The van der Waals surface area contributed by atoms with Crippen molar-refractivity contribution in [2.24, 2.45) is 0 Å². The molecule has 0 amide bonds. The van der Waals surface area contributed by atoms with Gasteiger partial charge in [0.05, 0.1) is 6.42 Å². The normalized spacial score (nSPS) is 11.6. The molecule has 114 valence electrons. The maximum absolute atomic E-state index is 11.6. The summed E-state index contributed by atoms with van der Waals surface area (Å²) in [4.78, 5) is 16.9. The number of carbonyl (C=O) groups excluding carboxylic acids is 1. The van der Waals surface area contributed by atoms with E-state index < -0.39 is 0 Å². The lowest BCUT2D eigenvalue weighted by molar-refractivity contribution is -1.06. The van der Waals surface area contributed by atoms with E-state index in [0.29, 0.717) is 11.1 Å². The van der Waals surface area contributed by atoms with Gasteiger partial charge in [-0.3, -0.25) is 4.84 Å². The second-order valence-corrected chi connectivity index (χ2v) is 5.93. The van der Waals surface area contributed by atoms with E-state index in [-0.39, 0.29) is 5.97 Å². The van der Waals surface area contributed by atoms with Gasteiger partial charge in [-0.15, -0.1) is 4.65 Å². The van der Waals surface area contributed by atoms with Crippen molar-refractivity contribution in [3.05, 3.63) is 0 Å². The third-order valence-electron chi connectivity index (χ3n) is 3.59. The fourth-order valence-corrected chi connectivity index (χ4v) is 1.97. The standard InChI is InChI=1S/C16H34NO2/c1-5-7-8-9-10-11-12-13-14-15-16(18)19-17(3,4)6-2/h5-15H2,1-4H3/q+1. The summed E-state index contributed by atoms with van der Waals surface area (Å²) in [5.74, 6) is -0.0604. The van der Waals surface area contributed by atoms with E-state index in [4.69, 9.17) is 4.84 Å². The quantitative estimate of drug-likeness (QED) is 0.298. The molecule has 3 heteroatoms. The molecule has 0 aromatic carbocycles. The number of rotatable bonds is 12. The number of hydrogen-bond acceptors (Lipinski definition) is 2. The van der Waals surface area contributed by atoms with Crippen LogP contribution in [0.25, 0.3) is 0 Å². The van der Waals surface area contributed by atoms with Crippen molar-refractivity contribution >= 4 is 5.97 Å². The van der Waals surface area contributed by atoms with E-state index in [1.54, 1.807) is 0 Å². The molecule has 0 saturated heterocycles. The number of unbranched alkanes of at least 4 members (excludes halogenated alkanes) is 8. The monoisotopic (exact) mass is 272 g/mol. The van der Waals surface area contributed by atoms with Gasteiger partial charge in [-0.25, -0.2) is 4.79 Å². The summed E-state index contributed by atoms with van der Waals surface area (Å²) < 4.78 is 0.330. The lowest BCUT2D eigenvalue weighted by atomic mass is 10.1. The van der Waals surface area contributed by atoms with Crippen molar-refractivity contribution in [1.29, 1.82) is 0 Å². The Labute approximate surface area is 119 Å². The van der Waals surface area contributed by atoms with Gasteiger partial charge < -0.3 is 0 Å². The highest BCUT2D eigenvalue weighted by atomic mass is 16.7. The summed E-state index contributed by atoms with van der Waals surface area (Å²) in [5.41, 5.74) is 0. The van der Waals surface area contributed by atoms with E-state index in [1.807, 2.05) is 21.0 Å². The predicted molar refractivity (Wildman–Crippen MR) is 80.6 cm³/mol. The SMILES string of the molecule is CCCCCCCCCCCC(=O)O[N+](C)(C)CC. The molecule has 0 N–H and O–H groups in total. The van der Waals surface area contributed by atoms with Crippen LogP contribution >= 0.6 is 0 Å². The third-order valence-corrected chi connectivity index (χ3v) is 3.59. The van der Waals surface area contributed by atoms with Gasteiger partial charge in [0.1, 0.15) is 20.6 Å². The van der Waals surface area contributed by atoms with Gasteiger partial charge in [-0.1, -0.05) is 58.3 Å². The van der Waals surface area contributed by atoms with Crippen molar-refractivity contribution in [2.75, 3.05) is 20.6 Å². The van der Waals surface area contributed by atoms with Gasteiger partial charge in [0.15, 0.2) is 0 Å². The molecule has 0 aliphatic heterocycles. The number of hydroxylamine groups is 3. The molecule has 0 saturated carbocycles. The van der Waals surface area contributed by atoms with Gasteiger partial charge in [-0.2, -0.15) is 0 Å². The van der Waals surface area contributed by atoms with Gasteiger partial charge in [0.25, 0.3) is 0 Å². The van der Waals surface area contributed by atoms with Crippen LogP contribution in [0, 0.1) is 0 Å². The molecule has 0 heterocycles. The van der Waals surface area contributed by atoms with E-state index in [9.17, 15) is 4.79 Å². The van der Waals surface area contributed by atoms with Crippen molar-refractivity contribution in [3.8, 4) is 0 Å². The molecule has 0 aromatic heterocycles. The minimum atomic E-state index is -0.0604. The van der Waals surface area contributed by atoms with Crippen molar-refractivity contribution in [1.82, 2.24) is 0 Å². The first kappa shape index (κ1) is 18.4. The number of carbonyl (C=O) groups is 1. The lowest BCUT2D eigenvalue weighted by Gasteiger charge is -2.24. The zero-order valence-electron chi connectivity index (χ0n) is 13.5. The summed E-state index contributed by atoms with van der Waals surface area (Å²) >= 11 is 0. The largest absolute Gasteiger partial charge is 0.366 e. The maximum Gasteiger partial charge on any atom is 0.366 e. The zero-order chi connectivity index (χ0) is 14.6. The highest BCUT2D eigenvalue weighted by molar-refractivity contribution is 5.68. The minimum Gasteiger partial charge on any atom is -0.277 e. The zero-order valence-corrected chi connectivity index (χ0v) is 13.5. The van der Waals surface area contributed by atoms with Crippen LogP contribution in [0.3, 0.4) is 0 Å². The average Bonchev–Trinajstić information content (AvgIpc) is 2.36. The molecule has 0 unspecified atom stereocenters. The fourth-order valence-electron chi connectivity index (χ4n) is 1.97. The van der Waals surface area contributed by atoms with Crippen LogP contribution in [0.4, 0.5) is 0 Å². The number of quaternary nitrogens is 1. The minimum absolute atomic E-state index is 0.0604. The van der Waals surface area contributed by atoms with Crippen LogP contribution in [-0.2, 0) is 9.63 Å². The summed E-state index contributed by atoms with van der Waals surface area (Å²) in [6.45, 7) is 5.08. The number of nitrogens with zero attached hydrogens (tertiary/aromatic N) is 1. The first-order valence-electron chi connectivity index (χ1n) is 8.07. The Hall–Kier alpha value is -0.570. The number of hydrogen-bond donors (Lipinski definition) is 0. The Morgan fingerprint density at radius 1 is 0.842 bits per heavy atom. The predicted octanol–water partition coefficient (Wildman–Crippen LogP) is 4.46. The Kier molecular flexibility index (Phi) is 10.9. The van der Waals surface area contributed by atoms with Crippen LogP contribution in [-0.4, -0.2) is 31.3 Å². The molecular weight excluding hydrogens is 238 g/mol. The van der Waals surface area contributed by atoms with E-state index in [2.05, 4.69) is 6.92 Å². The fraction of sp³-hybridized carbons (Fsp3) is 0.938. The Morgan fingerprint density at radius 3 is 1.79 bits per heavy atom. The summed E-state index contributed by atoms with van der Waals surface area (Å²) in [5, 5.41) is 0. The highest BCUT2D eigenvalue weighted by Gasteiger charge is 2.18. The van der Waals surface area contributed by atoms with Gasteiger partial charge in [0, 0.05) is 0 Å². The summed E-state index contributed by atoms with van der Waals surface area (Å²) in [7, 11) is 3.82. The van der Waals surface area contributed by atoms with E-state index in [0.717, 1.165) is 19.4 Å². The Bertz CT molecular complexity index is 227. The maximum atomic E-state index is 11.6. The summed E-state index contributed by atoms with van der Waals surface area (Å²) in [6, 6.07) is 0. The molecular formula is C16H34NO2+. The molecule has 0 spiro atoms. The van der Waals surface area contributed by atoms with Crippen molar-refractivity contribution in [2.45, 2.75) is 78.1 Å². The Morgan fingerprint density at radius 2 is 1.32 bits per heavy atom. The molecule has 0 radical (unpaired) electrons. The van der Waals surface area contributed by atoms with Crippen molar-refractivity contribution < 1.29 is 14.3 Å². The van der Waals surface area contributed by atoms with Crippen LogP contribution < -0.4 is 0 Å². The molecule has 19 heavy (non-hydrogen) atoms. The molecule has 0 aliphatic carbocycles. The lowest BCUT2D eigenvalue weighted by Crippen LogP contribution is -2.41. The van der Waals surface area contributed by atoms with Gasteiger partial charge in [0.2, 0.25) is 0 Å². The summed E-state index contributed by atoms with van der Waals surface area (Å²) in [6.07, 6.45) is 12.1. The highest BCUT2D eigenvalue weighted by Crippen LogP contribution is 2.11. The van der Waals surface area contributed by atoms with E-state index in [1.165, 1.54) is 44.9 Å². The second-order valence-electron chi connectivity index (χ2n) is 5.93. The molecule has 3 nitrogen and oxygen atoms in total. The average molecular weight is 272 g/mol. The third kappa shape index (κ3) is 12.2. The molecule has 0 rings (SSSR count). The molecule has 0 atom stereocenters. The second kappa shape index (κ2) is 11.3. The molecule has 0 aliphatic rings. The van der Waals surface area contributed by atoms with Crippen LogP contribution in [0.1, 0.15) is 78.1 Å². The van der Waals surface area contributed by atoms with Gasteiger partial charge in [-0.05, 0) is 13.3 Å². The van der Waals surface area contributed by atoms with Crippen LogP contribution in [0.15, 0.2) is 0 Å². The van der Waals surface area contributed by atoms with E-state index >= 15 is 0 Å². The topological polar surface area (TPSA) is 26.3 Å². The molecule has 0 fully saturated rings. The van der Waals surface area contributed by atoms with Crippen LogP contribution in [0.2, 0.25) is 0 Å². The molecule has 0 aromatic rings. The van der Waals surface area contributed by atoms with Crippen molar-refractivity contribution in [3.63, 3.8) is 0 Å².